The van der Waals surface area contributed by atoms with E-state index in [1.54, 1.807) is 0 Å². The summed E-state index contributed by atoms with van der Waals surface area (Å²) in [5, 5.41) is 11.3. The third-order valence-electron chi connectivity index (χ3n) is 0.966. The van der Waals surface area contributed by atoms with Crippen molar-refractivity contribution in [1.82, 2.24) is 5.32 Å². The second-order valence-corrected chi connectivity index (χ2v) is 4.33. The molecule has 0 saturated carbocycles. The number of carboxylic acid groups (broad SMARTS) is 1. The van der Waals surface area contributed by atoms with Gasteiger partial charge in [0.15, 0.2) is 9.84 Å². The Balaban J connectivity index is 4.10. The van der Waals surface area contributed by atoms with Crippen LogP contribution in [0.15, 0.2) is 11.5 Å². The van der Waals surface area contributed by atoms with Gasteiger partial charge in [0, 0.05) is 17.7 Å². The molecule has 0 aromatic rings. The highest BCUT2D eigenvalue weighted by Crippen LogP contribution is 1.90. The monoisotopic (exact) mass is 193 g/mol. The molecule has 5 nitrogen and oxygen atoms in total. The highest BCUT2D eigenvalue weighted by atomic mass is 32.2. The first-order valence-electron chi connectivity index (χ1n) is 3.19. The zero-order chi connectivity index (χ0) is 9.78. The average Bonchev–Trinajstić information content (AvgIpc) is 1.80. The summed E-state index contributed by atoms with van der Waals surface area (Å²) in [4.78, 5) is 10.0. The van der Waals surface area contributed by atoms with Crippen molar-refractivity contribution in [3.8, 4) is 0 Å². The van der Waals surface area contributed by atoms with Crippen LogP contribution >= 0.6 is 0 Å². The maximum absolute atomic E-state index is 10.6. The van der Waals surface area contributed by atoms with E-state index < -0.39 is 22.0 Å². The van der Waals surface area contributed by atoms with Gasteiger partial charge in [-0.15, -0.1) is 0 Å². The topological polar surface area (TPSA) is 83.5 Å². The molecule has 0 aliphatic carbocycles. The van der Waals surface area contributed by atoms with Crippen molar-refractivity contribution in [2.45, 2.75) is 13.0 Å². The number of carbonyl (C=O) groups is 1. The van der Waals surface area contributed by atoms with Crippen LogP contribution in [0, 0.1) is 0 Å². The molecular weight excluding hydrogens is 182 g/mol. The molecule has 70 valence electrons. The van der Waals surface area contributed by atoms with Gasteiger partial charge in [-0.05, 0) is 6.92 Å². The van der Waals surface area contributed by atoms with E-state index in [-0.39, 0.29) is 0 Å². The smallest absolute Gasteiger partial charge is 0.405 e. The molecule has 1 amide bonds. The fraction of sp³-hybridized carbons (Fsp3) is 0.500. The lowest BCUT2D eigenvalue weighted by Gasteiger charge is -2.03. The van der Waals surface area contributed by atoms with Gasteiger partial charge in [0.25, 0.3) is 0 Å². The van der Waals surface area contributed by atoms with Crippen molar-refractivity contribution in [3.05, 3.63) is 11.5 Å². The van der Waals surface area contributed by atoms with Gasteiger partial charge in [0.05, 0.1) is 0 Å². The minimum Gasteiger partial charge on any atom is -0.465 e. The second kappa shape index (κ2) is 4.10. The van der Waals surface area contributed by atoms with Gasteiger partial charge in [-0.1, -0.05) is 6.08 Å². The van der Waals surface area contributed by atoms with Crippen LogP contribution in [0.4, 0.5) is 4.79 Å². The summed E-state index contributed by atoms with van der Waals surface area (Å²) in [6.07, 6.45) is 1.13. The van der Waals surface area contributed by atoms with Crippen LogP contribution in [0.25, 0.3) is 0 Å². The van der Waals surface area contributed by atoms with Gasteiger partial charge in [-0.2, -0.15) is 0 Å². The minimum atomic E-state index is -3.17. The van der Waals surface area contributed by atoms with E-state index in [0.717, 1.165) is 11.7 Å². The third kappa shape index (κ3) is 7.07. The fourth-order valence-corrected chi connectivity index (χ4v) is 1.02. The van der Waals surface area contributed by atoms with E-state index in [0.29, 0.717) is 0 Å². The Labute approximate surface area is 71.0 Å². The Morgan fingerprint density at radius 2 is 2.08 bits per heavy atom. The minimum absolute atomic E-state index is 0.503. The molecular formula is C6H11NO4S. The first-order valence-corrected chi connectivity index (χ1v) is 5.14. The van der Waals surface area contributed by atoms with Crippen molar-refractivity contribution < 1.29 is 18.3 Å². The van der Waals surface area contributed by atoms with Crippen LogP contribution in [0.3, 0.4) is 0 Å². The van der Waals surface area contributed by atoms with E-state index in [1.165, 1.54) is 13.0 Å². The molecule has 0 aliphatic rings. The first-order chi connectivity index (χ1) is 5.31. The summed E-state index contributed by atoms with van der Waals surface area (Å²) < 4.78 is 21.1. The lowest BCUT2D eigenvalue weighted by atomic mass is 10.3. The Morgan fingerprint density at radius 3 is 2.42 bits per heavy atom. The van der Waals surface area contributed by atoms with Gasteiger partial charge in [-0.3, -0.25) is 0 Å². The van der Waals surface area contributed by atoms with Crippen LogP contribution in [-0.4, -0.2) is 31.9 Å². The Morgan fingerprint density at radius 1 is 1.58 bits per heavy atom. The van der Waals surface area contributed by atoms with E-state index >= 15 is 0 Å². The summed E-state index contributed by atoms with van der Waals surface area (Å²) in [5.41, 5.74) is 0. The standard InChI is InChI=1S/C6H11NO4S/c1-5(7-6(8)9)3-4-12(2,10)11/h3-5,7H,1-2H3,(H,8,9). The second-order valence-electron chi connectivity index (χ2n) is 2.40. The molecule has 0 heterocycles. The lowest BCUT2D eigenvalue weighted by molar-refractivity contribution is 0.193. The maximum atomic E-state index is 10.6. The van der Waals surface area contributed by atoms with Gasteiger partial charge in [0.2, 0.25) is 0 Å². The van der Waals surface area contributed by atoms with E-state index in [9.17, 15) is 13.2 Å². The molecule has 0 aromatic carbocycles. The first kappa shape index (κ1) is 11.0. The molecule has 0 aromatic heterocycles. The zero-order valence-electron chi connectivity index (χ0n) is 6.81. The molecule has 2 N–H and O–H groups in total. The Hall–Kier alpha value is -1.04. The highest BCUT2D eigenvalue weighted by Gasteiger charge is 2.01. The molecule has 0 radical (unpaired) electrons. The molecule has 0 bridgehead atoms. The largest absolute Gasteiger partial charge is 0.465 e. The highest BCUT2D eigenvalue weighted by molar-refractivity contribution is 7.93. The third-order valence-corrected chi connectivity index (χ3v) is 1.62. The fourth-order valence-electron chi connectivity index (χ4n) is 0.503. The number of hydrogen-bond donors (Lipinski definition) is 2. The molecule has 0 spiro atoms. The van der Waals surface area contributed by atoms with E-state index in [4.69, 9.17) is 5.11 Å². The van der Waals surface area contributed by atoms with Crippen LogP contribution in [0.1, 0.15) is 6.92 Å². The van der Waals surface area contributed by atoms with Crippen LogP contribution in [-0.2, 0) is 9.84 Å². The summed E-state index contributed by atoms with van der Waals surface area (Å²) in [6.45, 7) is 1.54. The molecule has 1 unspecified atom stereocenters. The van der Waals surface area contributed by atoms with E-state index in [1.807, 2.05) is 0 Å². The summed E-state index contributed by atoms with van der Waals surface area (Å²) in [7, 11) is -3.17. The normalized spacial score (nSPS) is 14.5. The zero-order valence-corrected chi connectivity index (χ0v) is 7.63. The van der Waals surface area contributed by atoms with Crippen molar-refractivity contribution in [1.29, 1.82) is 0 Å². The molecule has 0 aliphatic heterocycles. The summed E-state index contributed by atoms with van der Waals surface area (Å²) in [6, 6.07) is -0.503. The Bertz CT molecular complexity index is 280. The van der Waals surface area contributed by atoms with Gasteiger partial charge >= 0.3 is 6.09 Å². The van der Waals surface area contributed by atoms with Gasteiger partial charge in [-0.25, -0.2) is 13.2 Å². The van der Waals surface area contributed by atoms with Crippen molar-refractivity contribution in [2.75, 3.05) is 6.26 Å². The van der Waals surface area contributed by atoms with Gasteiger partial charge in [0.1, 0.15) is 0 Å². The van der Waals surface area contributed by atoms with Gasteiger partial charge < -0.3 is 10.4 Å². The average molecular weight is 193 g/mol. The van der Waals surface area contributed by atoms with Crippen molar-refractivity contribution >= 4 is 15.9 Å². The SMILES string of the molecule is CC(C=CS(C)(=O)=O)NC(=O)O. The molecule has 12 heavy (non-hydrogen) atoms. The predicted molar refractivity (Wildman–Crippen MR) is 44.6 cm³/mol. The lowest BCUT2D eigenvalue weighted by Crippen LogP contribution is -2.29. The van der Waals surface area contributed by atoms with Crippen molar-refractivity contribution in [3.63, 3.8) is 0 Å². The molecule has 1 atom stereocenters. The number of amides is 1. The quantitative estimate of drug-likeness (QED) is 0.670. The molecule has 0 fully saturated rings. The number of hydrogen-bond acceptors (Lipinski definition) is 3. The van der Waals surface area contributed by atoms with E-state index in [2.05, 4.69) is 5.32 Å². The maximum Gasteiger partial charge on any atom is 0.405 e. The molecule has 0 saturated heterocycles. The number of nitrogens with one attached hydrogen (secondary N) is 1. The van der Waals surface area contributed by atoms with Crippen LogP contribution < -0.4 is 5.32 Å². The van der Waals surface area contributed by atoms with Crippen LogP contribution in [0.5, 0.6) is 0 Å². The number of sulfone groups is 1. The van der Waals surface area contributed by atoms with Crippen LogP contribution in [0.2, 0.25) is 0 Å². The summed E-state index contributed by atoms with van der Waals surface area (Å²) in [5.74, 6) is 0. The predicted octanol–water partition coefficient (Wildman–Crippen LogP) is 0.201. The Kier molecular flexibility index (Phi) is 3.75. The molecule has 0 rings (SSSR count). The van der Waals surface area contributed by atoms with Crippen molar-refractivity contribution in [2.24, 2.45) is 0 Å². The number of rotatable bonds is 3. The summed E-state index contributed by atoms with van der Waals surface area (Å²) >= 11 is 0. The molecule has 6 heteroatoms.